The van der Waals surface area contributed by atoms with Crippen LogP contribution < -0.4 is 14.4 Å². The number of carbonyl (C=O) groups is 2. The predicted molar refractivity (Wildman–Crippen MR) is 129 cm³/mol. The van der Waals surface area contributed by atoms with Gasteiger partial charge in [0.05, 0.1) is 19.1 Å². The fourth-order valence-electron chi connectivity index (χ4n) is 3.27. The maximum Gasteiger partial charge on any atom is 0.244 e. The second-order valence-electron chi connectivity index (χ2n) is 8.08. The SMILES string of the molecule is CC[C@@H](C)NC(=O)[C@H](C)N(Cc1ccc(F)cc1)C(=O)CN(c1ccccc1OC)S(C)(=O)=O. The summed E-state index contributed by atoms with van der Waals surface area (Å²) in [5.74, 6) is -1.10. The van der Waals surface area contributed by atoms with Crippen LogP contribution in [0.15, 0.2) is 48.5 Å². The number of methoxy groups -OCH3 is 1. The molecule has 186 valence electrons. The summed E-state index contributed by atoms with van der Waals surface area (Å²) in [7, 11) is -2.46. The van der Waals surface area contributed by atoms with Crippen molar-refractivity contribution < 1.29 is 27.1 Å². The van der Waals surface area contributed by atoms with Crippen molar-refractivity contribution in [2.24, 2.45) is 0 Å². The van der Waals surface area contributed by atoms with E-state index in [-0.39, 0.29) is 29.9 Å². The Balaban J connectivity index is 2.41. The van der Waals surface area contributed by atoms with Crippen LogP contribution in [-0.2, 0) is 26.2 Å². The lowest BCUT2D eigenvalue weighted by Crippen LogP contribution is -2.52. The van der Waals surface area contributed by atoms with Gasteiger partial charge in [-0.1, -0.05) is 31.2 Å². The van der Waals surface area contributed by atoms with E-state index in [9.17, 15) is 22.4 Å². The number of carbonyl (C=O) groups excluding carboxylic acids is 2. The zero-order chi connectivity index (χ0) is 25.5. The second kappa shape index (κ2) is 11.8. The molecule has 0 aliphatic rings. The van der Waals surface area contributed by atoms with Crippen LogP contribution in [0, 0.1) is 5.82 Å². The Morgan fingerprint density at radius 3 is 2.26 bits per heavy atom. The van der Waals surface area contributed by atoms with E-state index in [0.29, 0.717) is 12.0 Å². The summed E-state index contributed by atoms with van der Waals surface area (Å²) in [6.45, 7) is 4.81. The fourth-order valence-corrected chi connectivity index (χ4v) is 4.12. The van der Waals surface area contributed by atoms with Gasteiger partial charge >= 0.3 is 0 Å². The van der Waals surface area contributed by atoms with Crippen molar-refractivity contribution in [2.45, 2.75) is 45.8 Å². The fraction of sp³-hybridized carbons (Fsp3) is 0.417. The summed E-state index contributed by atoms with van der Waals surface area (Å²) >= 11 is 0. The molecule has 2 rings (SSSR count). The number of anilines is 1. The highest BCUT2D eigenvalue weighted by Gasteiger charge is 2.31. The molecular formula is C24H32FN3O5S. The van der Waals surface area contributed by atoms with Gasteiger partial charge in [-0.3, -0.25) is 13.9 Å². The van der Waals surface area contributed by atoms with Crippen LogP contribution in [-0.4, -0.2) is 57.1 Å². The third-order valence-electron chi connectivity index (χ3n) is 5.47. The highest BCUT2D eigenvalue weighted by molar-refractivity contribution is 7.92. The Bertz CT molecular complexity index is 1090. The van der Waals surface area contributed by atoms with E-state index in [1.807, 2.05) is 13.8 Å². The molecule has 10 heteroatoms. The number of ether oxygens (including phenoxy) is 1. The van der Waals surface area contributed by atoms with Crippen molar-refractivity contribution in [1.29, 1.82) is 0 Å². The Labute approximate surface area is 200 Å². The van der Waals surface area contributed by atoms with Gasteiger partial charge in [-0.05, 0) is 50.1 Å². The molecule has 0 heterocycles. The van der Waals surface area contributed by atoms with Gasteiger partial charge in [0.15, 0.2) is 0 Å². The van der Waals surface area contributed by atoms with E-state index in [1.54, 1.807) is 25.1 Å². The van der Waals surface area contributed by atoms with Crippen LogP contribution in [0.1, 0.15) is 32.8 Å². The molecule has 8 nitrogen and oxygen atoms in total. The van der Waals surface area contributed by atoms with E-state index >= 15 is 0 Å². The summed E-state index contributed by atoms with van der Waals surface area (Å²) < 4.78 is 44.9. The average Bonchev–Trinajstić information content (AvgIpc) is 2.80. The number of rotatable bonds is 11. The molecule has 0 aliphatic heterocycles. The average molecular weight is 494 g/mol. The summed E-state index contributed by atoms with van der Waals surface area (Å²) in [5.41, 5.74) is 0.806. The Kier molecular flexibility index (Phi) is 9.43. The van der Waals surface area contributed by atoms with Gasteiger partial charge in [0.25, 0.3) is 0 Å². The van der Waals surface area contributed by atoms with Gasteiger partial charge in [-0.25, -0.2) is 12.8 Å². The first-order chi connectivity index (χ1) is 16.0. The first-order valence-electron chi connectivity index (χ1n) is 10.9. The number of nitrogens with one attached hydrogen (secondary N) is 1. The van der Waals surface area contributed by atoms with Gasteiger partial charge in [-0.2, -0.15) is 0 Å². The number of halogens is 1. The van der Waals surface area contributed by atoms with Crippen molar-refractivity contribution in [3.05, 3.63) is 59.9 Å². The van der Waals surface area contributed by atoms with Crippen molar-refractivity contribution in [3.63, 3.8) is 0 Å². The normalized spacial score (nSPS) is 13.0. The number of para-hydroxylation sites is 2. The van der Waals surface area contributed by atoms with Crippen LogP contribution in [0.25, 0.3) is 0 Å². The maximum absolute atomic E-state index is 13.5. The van der Waals surface area contributed by atoms with Crippen molar-refractivity contribution in [3.8, 4) is 5.75 Å². The predicted octanol–water partition coefficient (Wildman–Crippen LogP) is 2.93. The smallest absolute Gasteiger partial charge is 0.244 e. The Morgan fingerprint density at radius 2 is 1.71 bits per heavy atom. The summed E-state index contributed by atoms with van der Waals surface area (Å²) in [6, 6.07) is 11.0. The van der Waals surface area contributed by atoms with Crippen LogP contribution in [0.5, 0.6) is 5.75 Å². The monoisotopic (exact) mass is 493 g/mol. The standard InChI is InChI=1S/C24H32FN3O5S/c1-6-17(2)26-24(30)18(3)27(15-19-11-13-20(25)14-12-19)23(29)16-28(34(5,31)32)21-9-7-8-10-22(21)33-4/h7-14,17-18H,6,15-16H2,1-5H3,(H,26,30)/t17-,18+/m1/s1. The largest absolute Gasteiger partial charge is 0.495 e. The highest BCUT2D eigenvalue weighted by Crippen LogP contribution is 2.29. The third-order valence-corrected chi connectivity index (χ3v) is 6.59. The van der Waals surface area contributed by atoms with E-state index in [2.05, 4.69) is 5.32 Å². The molecule has 2 amide bonds. The molecule has 0 aliphatic carbocycles. The zero-order valence-electron chi connectivity index (χ0n) is 20.1. The van der Waals surface area contributed by atoms with Gasteiger partial charge in [0, 0.05) is 12.6 Å². The third kappa shape index (κ3) is 7.18. The molecular weight excluding hydrogens is 461 g/mol. The maximum atomic E-state index is 13.5. The molecule has 0 saturated heterocycles. The quantitative estimate of drug-likeness (QED) is 0.519. The highest BCUT2D eigenvalue weighted by atomic mass is 32.2. The molecule has 0 spiro atoms. The first-order valence-corrected chi connectivity index (χ1v) is 12.8. The van der Waals surface area contributed by atoms with E-state index in [1.165, 1.54) is 42.3 Å². The summed E-state index contributed by atoms with van der Waals surface area (Å²) in [6.07, 6.45) is 1.70. The molecule has 0 aromatic heterocycles. The molecule has 0 saturated carbocycles. The van der Waals surface area contributed by atoms with Crippen molar-refractivity contribution in [2.75, 3.05) is 24.2 Å². The molecule has 1 N–H and O–H groups in total. The van der Waals surface area contributed by atoms with Crippen molar-refractivity contribution >= 4 is 27.5 Å². The van der Waals surface area contributed by atoms with Gasteiger partial charge in [0.2, 0.25) is 21.8 Å². The van der Waals surface area contributed by atoms with Crippen LogP contribution >= 0.6 is 0 Å². The van der Waals surface area contributed by atoms with E-state index in [0.717, 1.165) is 10.6 Å². The number of nitrogens with zero attached hydrogens (tertiary/aromatic N) is 2. The van der Waals surface area contributed by atoms with Crippen LogP contribution in [0.2, 0.25) is 0 Å². The molecule has 2 atom stereocenters. The molecule has 0 unspecified atom stereocenters. The number of hydrogen-bond acceptors (Lipinski definition) is 5. The lowest BCUT2D eigenvalue weighted by molar-refractivity contribution is -0.139. The molecule has 0 radical (unpaired) electrons. The molecule has 2 aromatic carbocycles. The summed E-state index contributed by atoms with van der Waals surface area (Å²) in [4.78, 5) is 27.6. The molecule has 2 aromatic rings. The van der Waals surface area contributed by atoms with E-state index in [4.69, 9.17) is 4.74 Å². The molecule has 34 heavy (non-hydrogen) atoms. The van der Waals surface area contributed by atoms with Gasteiger partial charge in [0.1, 0.15) is 24.2 Å². The number of hydrogen-bond donors (Lipinski definition) is 1. The number of amides is 2. The number of benzene rings is 2. The minimum absolute atomic E-state index is 0.00225. The number of sulfonamides is 1. The molecule has 0 bridgehead atoms. The van der Waals surface area contributed by atoms with Gasteiger partial charge in [-0.15, -0.1) is 0 Å². The minimum Gasteiger partial charge on any atom is -0.495 e. The Hall–Kier alpha value is -3.14. The second-order valence-corrected chi connectivity index (χ2v) is 9.99. The topological polar surface area (TPSA) is 96.0 Å². The Morgan fingerprint density at radius 1 is 1.09 bits per heavy atom. The van der Waals surface area contributed by atoms with Crippen LogP contribution in [0.4, 0.5) is 10.1 Å². The van der Waals surface area contributed by atoms with Crippen molar-refractivity contribution in [1.82, 2.24) is 10.2 Å². The molecule has 0 fully saturated rings. The minimum atomic E-state index is -3.87. The van der Waals surface area contributed by atoms with Crippen LogP contribution in [0.3, 0.4) is 0 Å². The van der Waals surface area contributed by atoms with E-state index < -0.39 is 34.3 Å². The first kappa shape index (κ1) is 27.1. The zero-order valence-corrected chi connectivity index (χ0v) is 20.9. The summed E-state index contributed by atoms with van der Waals surface area (Å²) in [5, 5.41) is 2.85. The lowest BCUT2D eigenvalue weighted by Gasteiger charge is -2.32. The van der Waals surface area contributed by atoms with Gasteiger partial charge < -0.3 is 15.0 Å². The lowest BCUT2D eigenvalue weighted by atomic mass is 10.1.